The topological polar surface area (TPSA) is 118 Å². The molecule has 2 aromatic rings. The number of hydrogen-bond acceptors (Lipinski definition) is 6. The van der Waals surface area contributed by atoms with Crippen LogP contribution in [0.4, 0.5) is 5.69 Å². The van der Waals surface area contributed by atoms with E-state index < -0.39 is 18.0 Å². The third-order valence-corrected chi connectivity index (χ3v) is 3.93. The molecule has 0 saturated heterocycles. The molecule has 2 rings (SSSR count). The molecule has 0 fully saturated rings. The van der Waals surface area contributed by atoms with E-state index in [1.165, 1.54) is 14.0 Å². The number of nitriles is 1. The van der Waals surface area contributed by atoms with Gasteiger partial charge < -0.3 is 20.1 Å². The molecule has 0 aliphatic rings. The van der Waals surface area contributed by atoms with Crippen molar-refractivity contribution in [2.24, 2.45) is 0 Å². The molecule has 2 aromatic carbocycles. The predicted molar refractivity (Wildman–Crippen MR) is 105 cm³/mol. The van der Waals surface area contributed by atoms with E-state index >= 15 is 0 Å². The number of anilines is 1. The minimum absolute atomic E-state index is 0.0552. The summed E-state index contributed by atoms with van der Waals surface area (Å²) in [7, 11) is 1.47. The van der Waals surface area contributed by atoms with Gasteiger partial charge in [-0.15, -0.1) is 0 Å². The van der Waals surface area contributed by atoms with Gasteiger partial charge in [0.15, 0.2) is 6.10 Å². The van der Waals surface area contributed by atoms with Gasteiger partial charge in [0, 0.05) is 12.2 Å². The van der Waals surface area contributed by atoms with Crippen molar-refractivity contribution < 1.29 is 23.9 Å². The number of para-hydroxylation sites is 1. The molecule has 0 aliphatic heterocycles. The zero-order valence-corrected chi connectivity index (χ0v) is 16.1. The van der Waals surface area contributed by atoms with E-state index in [0.717, 1.165) is 0 Å². The van der Waals surface area contributed by atoms with Crippen LogP contribution in [0.2, 0.25) is 0 Å². The Morgan fingerprint density at radius 2 is 1.79 bits per heavy atom. The monoisotopic (exact) mass is 395 g/mol. The van der Waals surface area contributed by atoms with Crippen LogP contribution in [0.3, 0.4) is 0 Å². The SMILES string of the molecule is COc1ccccc1C(=O)NCCC(=O)O[C@@H](C)C(=O)Nc1ccc(C#N)cc1. The molecule has 8 nitrogen and oxygen atoms in total. The molecule has 29 heavy (non-hydrogen) atoms. The molecule has 150 valence electrons. The number of carbonyl (C=O) groups is 3. The van der Waals surface area contributed by atoms with Crippen molar-refractivity contribution in [2.75, 3.05) is 19.0 Å². The second-order valence-corrected chi connectivity index (χ2v) is 6.02. The zero-order valence-electron chi connectivity index (χ0n) is 16.1. The van der Waals surface area contributed by atoms with Crippen LogP contribution in [-0.2, 0) is 14.3 Å². The van der Waals surface area contributed by atoms with Crippen LogP contribution in [0, 0.1) is 11.3 Å². The number of benzene rings is 2. The van der Waals surface area contributed by atoms with Crippen molar-refractivity contribution in [3.05, 3.63) is 59.7 Å². The molecule has 0 unspecified atom stereocenters. The quantitative estimate of drug-likeness (QED) is 0.662. The predicted octanol–water partition coefficient (Wildman–Crippen LogP) is 2.26. The average molecular weight is 395 g/mol. The highest BCUT2D eigenvalue weighted by Crippen LogP contribution is 2.16. The van der Waals surface area contributed by atoms with Gasteiger partial charge in [0.1, 0.15) is 5.75 Å². The maximum Gasteiger partial charge on any atom is 0.308 e. The van der Waals surface area contributed by atoms with Gasteiger partial charge in [-0.05, 0) is 43.3 Å². The number of nitrogens with zero attached hydrogens (tertiary/aromatic N) is 1. The molecule has 0 bridgehead atoms. The van der Waals surface area contributed by atoms with E-state index in [1.807, 2.05) is 6.07 Å². The van der Waals surface area contributed by atoms with Crippen LogP contribution >= 0.6 is 0 Å². The first-order valence-electron chi connectivity index (χ1n) is 8.86. The number of rotatable bonds is 8. The number of amides is 2. The van der Waals surface area contributed by atoms with Gasteiger partial charge in [-0.25, -0.2) is 0 Å². The van der Waals surface area contributed by atoms with Crippen molar-refractivity contribution in [2.45, 2.75) is 19.4 Å². The highest BCUT2D eigenvalue weighted by molar-refractivity contribution is 5.97. The second-order valence-electron chi connectivity index (χ2n) is 6.02. The molecule has 2 amide bonds. The lowest BCUT2D eigenvalue weighted by Crippen LogP contribution is -2.32. The molecule has 0 spiro atoms. The summed E-state index contributed by atoms with van der Waals surface area (Å²) < 4.78 is 10.2. The smallest absolute Gasteiger partial charge is 0.308 e. The molecule has 0 heterocycles. The fourth-order valence-electron chi connectivity index (χ4n) is 2.39. The summed E-state index contributed by atoms with van der Waals surface area (Å²) in [6.45, 7) is 1.50. The van der Waals surface area contributed by atoms with Gasteiger partial charge in [0.25, 0.3) is 11.8 Å². The van der Waals surface area contributed by atoms with Crippen LogP contribution in [0.25, 0.3) is 0 Å². The van der Waals surface area contributed by atoms with Crippen LogP contribution in [0.5, 0.6) is 5.75 Å². The van der Waals surface area contributed by atoms with E-state index in [2.05, 4.69) is 10.6 Å². The lowest BCUT2D eigenvalue weighted by atomic mass is 10.2. The molecule has 0 saturated carbocycles. The van der Waals surface area contributed by atoms with Gasteiger partial charge in [-0.3, -0.25) is 14.4 Å². The average Bonchev–Trinajstić information content (AvgIpc) is 2.74. The van der Waals surface area contributed by atoms with Crippen molar-refractivity contribution in [1.29, 1.82) is 5.26 Å². The van der Waals surface area contributed by atoms with Crippen molar-refractivity contribution in [1.82, 2.24) is 5.32 Å². The molecule has 8 heteroatoms. The Morgan fingerprint density at radius 1 is 1.10 bits per heavy atom. The van der Waals surface area contributed by atoms with Crippen LogP contribution < -0.4 is 15.4 Å². The molecule has 1 atom stereocenters. The van der Waals surface area contributed by atoms with Crippen molar-refractivity contribution in [3.63, 3.8) is 0 Å². The highest BCUT2D eigenvalue weighted by atomic mass is 16.5. The second kappa shape index (κ2) is 10.5. The Hall–Kier alpha value is -3.86. The summed E-state index contributed by atoms with van der Waals surface area (Å²) in [5.74, 6) is -1.06. The van der Waals surface area contributed by atoms with E-state index in [9.17, 15) is 14.4 Å². The Bertz CT molecular complexity index is 919. The molecule has 0 radical (unpaired) electrons. The summed E-state index contributed by atoms with van der Waals surface area (Å²) in [4.78, 5) is 36.2. The zero-order chi connectivity index (χ0) is 21.2. The van der Waals surface area contributed by atoms with Gasteiger partial charge in [-0.1, -0.05) is 12.1 Å². The normalized spacial score (nSPS) is 10.9. The van der Waals surface area contributed by atoms with E-state index in [4.69, 9.17) is 14.7 Å². The number of carbonyl (C=O) groups excluding carboxylic acids is 3. The third-order valence-electron chi connectivity index (χ3n) is 3.93. The number of methoxy groups -OCH3 is 1. The molecular formula is C21H21N3O5. The van der Waals surface area contributed by atoms with Crippen LogP contribution in [0.15, 0.2) is 48.5 Å². The lowest BCUT2D eigenvalue weighted by molar-refractivity contribution is -0.153. The minimum Gasteiger partial charge on any atom is -0.496 e. The van der Waals surface area contributed by atoms with Crippen LogP contribution in [-0.4, -0.2) is 37.5 Å². The molecular weight excluding hydrogens is 374 g/mol. The Kier molecular flexibility index (Phi) is 7.74. The summed E-state index contributed by atoms with van der Waals surface area (Å²) >= 11 is 0. The fourth-order valence-corrected chi connectivity index (χ4v) is 2.39. The largest absolute Gasteiger partial charge is 0.496 e. The fraction of sp³-hybridized carbons (Fsp3) is 0.238. The first-order chi connectivity index (χ1) is 13.9. The van der Waals surface area contributed by atoms with Crippen molar-refractivity contribution >= 4 is 23.5 Å². The first-order valence-corrected chi connectivity index (χ1v) is 8.86. The number of nitrogens with one attached hydrogen (secondary N) is 2. The van der Waals surface area contributed by atoms with Gasteiger partial charge in [0.05, 0.1) is 30.7 Å². The summed E-state index contributed by atoms with van der Waals surface area (Å²) in [5, 5.41) is 14.0. The summed E-state index contributed by atoms with van der Waals surface area (Å²) in [5.41, 5.74) is 1.32. The Morgan fingerprint density at radius 3 is 2.45 bits per heavy atom. The number of esters is 1. The van der Waals surface area contributed by atoms with Gasteiger partial charge in [-0.2, -0.15) is 5.26 Å². The van der Waals surface area contributed by atoms with Crippen LogP contribution in [0.1, 0.15) is 29.3 Å². The van der Waals surface area contributed by atoms with Gasteiger partial charge in [0.2, 0.25) is 0 Å². The lowest BCUT2D eigenvalue weighted by Gasteiger charge is -2.14. The summed E-state index contributed by atoms with van der Waals surface area (Å²) in [6, 6.07) is 15.0. The van der Waals surface area contributed by atoms with E-state index in [1.54, 1.807) is 48.5 Å². The maximum absolute atomic E-state index is 12.2. The Balaban J connectivity index is 1.77. The summed E-state index contributed by atoms with van der Waals surface area (Å²) in [6.07, 6.45) is -1.10. The number of hydrogen-bond donors (Lipinski definition) is 2. The third kappa shape index (κ3) is 6.36. The van der Waals surface area contributed by atoms with E-state index in [-0.39, 0.29) is 18.9 Å². The molecule has 0 aromatic heterocycles. The first kappa shape index (κ1) is 21.4. The standard InChI is InChI=1S/C21H21N3O5/c1-14(20(26)24-16-9-7-15(13-22)8-10-16)29-19(25)11-12-23-21(27)17-5-3-4-6-18(17)28-2/h3-10,14H,11-12H2,1-2H3,(H,23,27)(H,24,26)/t14-/m0/s1. The molecule has 2 N–H and O–H groups in total. The highest BCUT2D eigenvalue weighted by Gasteiger charge is 2.18. The maximum atomic E-state index is 12.2. The van der Waals surface area contributed by atoms with Crippen molar-refractivity contribution in [3.8, 4) is 11.8 Å². The van der Waals surface area contributed by atoms with Gasteiger partial charge >= 0.3 is 5.97 Å². The molecule has 0 aliphatic carbocycles. The Labute approximate surface area is 168 Å². The minimum atomic E-state index is -1.01. The number of ether oxygens (including phenoxy) is 2. The van der Waals surface area contributed by atoms with E-state index in [0.29, 0.717) is 22.6 Å².